The first-order valence-corrected chi connectivity index (χ1v) is 13.8. The lowest BCUT2D eigenvalue weighted by Gasteiger charge is -2.23. The maximum Gasteiger partial charge on any atom is 0.125 e. The van der Waals surface area contributed by atoms with Gasteiger partial charge in [-0.2, -0.15) is 0 Å². The molecule has 1 aliphatic rings. The van der Waals surface area contributed by atoms with Gasteiger partial charge in [0.05, 0.1) is 10.1 Å². The van der Waals surface area contributed by atoms with E-state index in [1.165, 1.54) is 50.3 Å². The third-order valence-electron chi connectivity index (χ3n) is 5.88. The van der Waals surface area contributed by atoms with E-state index in [9.17, 15) is 4.21 Å². The van der Waals surface area contributed by atoms with Crippen molar-refractivity contribution in [2.75, 3.05) is 11.9 Å². The van der Waals surface area contributed by atoms with Crippen LogP contribution < -0.4 is 21.5 Å². The molecule has 6 N–H and O–H groups in total. The van der Waals surface area contributed by atoms with Crippen molar-refractivity contribution in [2.45, 2.75) is 77.0 Å². The molecule has 34 heavy (non-hydrogen) atoms. The van der Waals surface area contributed by atoms with Gasteiger partial charge in [-0.15, -0.1) is 0 Å². The third kappa shape index (κ3) is 9.28. The van der Waals surface area contributed by atoms with Crippen molar-refractivity contribution in [1.29, 1.82) is 0 Å². The highest BCUT2D eigenvalue weighted by Crippen LogP contribution is 2.29. The minimum atomic E-state index is -1.37. The number of rotatable bonds is 12. The van der Waals surface area contributed by atoms with Crippen LogP contribution in [-0.2, 0) is 11.0 Å². The number of benzene rings is 1. The second-order valence-electron chi connectivity index (χ2n) is 8.65. The van der Waals surface area contributed by atoms with Crippen LogP contribution in [0.15, 0.2) is 57.4 Å². The molecule has 1 unspecified atom stereocenters. The fourth-order valence-corrected chi connectivity index (χ4v) is 5.23. The molecule has 6 nitrogen and oxygen atoms in total. The highest BCUT2D eigenvalue weighted by molar-refractivity contribution is 7.83. The fourth-order valence-electron chi connectivity index (χ4n) is 4.08. The normalized spacial score (nSPS) is 17.6. The minimum absolute atomic E-state index is 0.141. The number of nitrogens with two attached hydrogens (primary N) is 2. The Morgan fingerprint density at radius 3 is 2.59 bits per heavy atom. The monoisotopic (exact) mass is 505 g/mol. The molecule has 2 rings (SSSR count). The van der Waals surface area contributed by atoms with Crippen LogP contribution in [-0.4, -0.2) is 16.5 Å². The van der Waals surface area contributed by atoms with Gasteiger partial charge in [-0.25, -0.2) is 8.93 Å². The van der Waals surface area contributed by atoms with Crippen molar-refractivity contribution in [3.63, 3.8) is 0 Å². The Morgan fingerprint density at radius 1 is 1.21 bits per heavy atom. The van der Waals surface area contributed by atoms with Crippen LogP contribution in [0.25, 0.3) is 5.57 Å². The Labute approximate surface area is 212 Å². The van der Waals surface area contributed by atoms with Gasteiger partial charge in [-0.3, -0.25) is 4.99 Å². The molecule has 1 atom stereocenters. The Kier molecular flexibility index (Phi) is 12.4. The van der Waals surface area contributed by atoms with Crippen molar-refractivity contribution < 1.29 is 4.21 Å². The highest BCUT2D eigenvalue weighted by atomic mass is 35.5. The second-order valence-corrected chi connectivity index (χ2v) is 10.3. The molecule has 1 aromatic rings. The summed E-state index contributed by atoms with van der Waals surface area (Å²) in [5.41, 5.74) is 15.4. The summed E-state index contributed by atoms with van der Waals surface area (Å²) >= 11 is 5.66. The van der Waals surface area contributed by atoms with E-state index in [1.54, 1.807) is 6.08 Å². The standard InChI is InChI=1S/C26H40ClN5OS/c1-4-6-12-23(20-10-8-7-9-11-20)30-18-19(3)22-14-13-21(17-24(22)34(33)31-5-2)32-26(29)16-15-25(27)28/h13-18,20,31-32H,4-12,28-29H2,1-3H3/b19-18+,25-15-,26-16+,30-23?. The Hall–Kier alpha value is -2.09. The van der Waals surface area contributed by atoms with Crippen LogP contribution in [0.1, 0.15) is 77.7 Å². The van der Waals surface area contributed by atoms with Gasteiger partial charge < -0.3 is 16.8 Å². The van der Waals surface area contributed by atoms with Gasteiger partial charge in [0.2, 0.25) is 0 Å². The molecule has 8 heteroatoms. The molecule has 0 radical (unpaired) electrons. The van der Waals surface area contributed by atoms with Gasteiger partial charge in [-0.1, -0.05) is 57.2 Å². The molecule has 1 aromatic carbocycles. The maximum atomic E-state index is 13.0. The number of hydrogen-bond acceptors (Lipinski definition) is 5. The average Bonchev–Trinajstić information content (AvgIpc) is 2.83. The van der Waals surface area contributed by atoms with E-state index in [0.29, 0.717) is 23.2 Å². The molecule has 0 bridgehead atoms. The van der Waals surface area contributed by atoms with E-state index >= 15 is 0 Å². The van der Waals surface area contributed by atoms with E-state index in [-0.39, 0.29) is 5.16 Å². The van der Waals surface area contributed by atoms with Crippen molar-refractivity contribution >= 4 is 39.6 Å². The topological polar surface area (TPSA) is 106 Å². The molecule has 1 saturated carbocycles. The largest absolute Gasteiger partial charge is 0.389 e. The van der Waals surface area contributed by atoms with Crippen LogP contribution in [0.3, 0.4) is 0 Å². The second kappa shape index (κ2) is 15.0. The number of unbranched alkanes of at least 4 members (excludes halogenated alkanes) is 1. The Balaban J connectivity index is 2.36. The predicted octanol–water partition coefficient (Wildman–Crippen LogP) is 6.14. The summed E-state index contributed by atoms with van der Waals surface area (Å²) < 4.78 is 16.0. The number of anilines is 1. The van der Waals surface area contributed by atoms with Crippen molar-refractivity contribution in [2.24, 2.45) is 22.4 Å². The average molecular weight is 506 g/mol. The maximum absolute atomic E-state index is 13.0. The van der Waals surface area contributed by atoms with Gasteiger partial charge in [0.1, 0.15) is 16.8 Å². The summed E-state index contributed by atoms with van der Waals surface area (Å²) in [5, 5.41) is 3.23. The predicted molar refractivity (Wildman–Crippen MR) is 148 cm³/mol. The lowest BCUT2D eigenvalue weighted by molar-refractivity contribution is 0.434. The molecule has 0 aliphatic heterocycles. The summed E-state index contributed by atoms with van der Waals surface area (Å²) in [5.74, 6) is 0.971. The summed E-state index contributed by atoms with van der Waals surface area (Å²) in [6.45, 7) is 6.77. The van der Waals surface area contributed by atoms with E-state index < -0.39 is 11.0 Å². The van der Waals surface area contributed by atoms with Crippen LogP contribution in [0, 0.1) is 5.92 Å². The van der Waals surface area contributed by atoms with E-state index in [0.717, 1.165) is 29.7 Å². The number of halogens is 1. The van der Waals surface area contributed by atoms with E-state index in [4.69, 9.17) is 28.1 Å². The van der Waals surface area contributed by atoms with Crippen LogP contribution in [0.2, 0.25) is 0 Å². The molecule has 0 aromatic heterocycles. The molecule has 0 amide bonds. The SMILES string of the molecule is CCCCC(=N/C=C(\C)c1ccc(N/C(N)=C/C=C(\N)Cl)cc1S(=O)NCC)C1CCCCC1. The van der Waals surface area contributed by atoms with Gasteiger partial charge in [0.25, 0.3) is 0 Å². The van der Waals surface area contributed by atoms with E-state index in [1.807, 2.05) is 38.2 Å². The number of hydrogen-bond donors (Lipinski definition) is 4. The molecule has 0 saturated heterocycles. The van der Waals surface area contributed by atoms with Gasteiger partial charge in [0.15, 0.2) is 0 Å². The molecule has 1 aliphatic carbocycles. The molecule has 0 spiro atoms. The van der Waals surface area contributed by atoms with Crippen molar-refractivity contribution in [1.82, 2.24) is 4.72 Å². The molecule has 1 fully saturated rings. The molecular formula is C26H40ClN5OS. The first-order valence-electron chi connectivity index (χ1n) is 12.2. The molecule has 188 valence electrons. The molecule has 0 heterocycles. The number of nitrogens with one attached hydrogen (secondary N) is 2. The zero-order chi connectivity index (χ0) is 24.9. The first kappa shape index (κ1) is 28.1. The summed E-state index contributed by atoms with van der Waals surface area (Å²) in [7, 11) is -1.37. The van der Waals surface area contributed by atoms with Crippen molar-refractivity contribution in [3.8, 4) is 0 Å². The minimum Gasteiger partial charge on any atom is -0.389 e. The quantitative estimate of drug-likeness (QED) is 0.155. The zero-order valence-corrected chi connectivity index (χ0v) is 22.3. The Morgan fingerprint density at radius 2 is 1.94 bits per heavy atom. The lowest BCUT2D eigenvalue weighted by atomic mass is 9.84. The fraction of sp³-hybridized carbons (Fsp3) is 0.500. The lowest BCUT2D eigenvalue weighted by Crippen LogP contribution is -2.18. The zero-order valence-electron chi connectivity index (χ0n) is 20.7. The van der Waals surface area contributed by atoms with Crippen molar-refractivity contribution in [3.05, 3.63) is 53.1 Å². The van der Waals surface area contributed by atoms with Gasteiger partial charge in [-0.05, 0) is 73.9 Å². The number of allylic oxidation sites excluding steroid dienone is 3. The smallest absolute Gasteiger partial charge is 0.125 e. The summed E-state index contributed by atoms with van der Waals surface area (Å²) in [6.07, 6.45) is 14.8. The van der Waals surface area contributed by atoms with Crippen LogP contribution in [0.4, 0.5) is 5.69 Å². The number of nitrogens with zero attached hydrogens (tertiary/aromatic N) is 1. The third-order valence-corrected chi connectivity index (χ3v) is 7.29. The van der Waals surface area contributed by atoms with Gasteiger partial charge in [0, 0.05) is 24.1 Å². The Bertz CT molecular complexity index is 945. The summed E-state index contributed by atoms with van der Waals surface area (Å²) in [6, 6.07) is 5.72. The van der Waals surface area contributed by atoms with Gasteiger partial charge >= 0.3 is 0 Å². The highest BCUT2D eigenvalue weighted by Gasteiger charge is 2.19. The van der Waals surface area contributed by atoms with Crippen LogP contribution in [0.5, 0.6) is 0 Å². The number of aliphatic imine (C=N–C) groups is 1. The van der Waals surface area contributed by atoms with E-state index in [2.05, 4.69) is 17.0 Å². The molecular weight excluding hydrogens is 466 g/mol. The summed E-state index contributed by atoms with van der Waals surface area (Å²) in [4.78, 5) is 5.66. The first-order chi connectivity index (χ1) is 16.3. The van der Waals surface area contributed by atoms with Crippen LogP contribution >= 0.6 is 11.6 Å².